The van der Waals surface area contributed by atoms with Gasteiger partial charge in [0, 0.05) is 11.2 Å². The van der Waals surface area contributed by atoms with Crippen molar-refractivity contribution < 1.29 is 8.42 Å². The summed E-state index contributed by atoms with van der Waals surface area (Å²) >= 11 is 0. The Hall–Kier alpha value is -1.07. The fourth-order valence-electron chi connectivity index (χ4n) is 2.22. The fraction of sp³-hybridized carbons (Fsp3) is 0.571. The van der Waals surface area contributed by atoms with Crippen LogP contribution in [0.3, 0.4) is 0 Å². The third-order valence-electron chi connectivity index (χ3n) is 3.74. The highest BCUT2D eigenvalue weighted by Gasteiger charge is 2.41. The van der Waals surface area contributed by atoms with Crippen LogP contribution >= 0.6 is 0 Å². The van der Waals surface area contributed by atoms with Crippen molar-refractivity contribution in [2.75, 3.05) is 5.73 Å². The lowest BCUT2D eigenvalue weighted by atomic mass is 10.1. The van der Waals surface area contributed by atoms with Gasteiger partial charge in [0.25, 0.3) is 0 Å². The first-order valence-electron chi connectivity index (χ1n) is 6.76. The lowest BCUT2D eigenvalue weighted by Gasteiger charge is -2.17. The molecule has 0 unspecified atom stereocenters. The van der Waals surface area contributed by atoms with E-state index in [2.05, 4.69) is 4.72 Å². The van der Waals surface area contributed by atoms with Crippen molar-refractivity contribution in [3.05, 3.63) is 23.3 Å². The van der Waals surface area contributed by atoms with Crippen LogP contribution in [0, 0.1) is 0 Å². The first-order valence-corrected chi connectivity index (χ1v) is 8.25. The van der Waals surface area contributed by atoms with E-state index in [9.17, 15) is 8.42 Å². The molecule has 5 heteroatoms. The Morgan fingerprint density at radius 3 is 2.37 bits per heavy atom. The summed E-state index contributed by atoms with van der Waals surface area (Å²) in [5.41, 5.74) is 7.97. The van der Waals surface area contributed by atoms with Gasteiger partial charge in [0.1, 0.15) is 0 Å². The van der Waals surface area contributed by atoms with Crippen molar-refractivity contribution in [2.45, 2.75) is 56.9 Å². The maximum Gasteiger partial charge on any atom is 0.241 e. The standard InChI is InChI=1S/C14H22N2O2S/c1-4-10-8-12(15)11(5-2)13(9-10)19(17,18)16-14(3)6-7-14/h8-9,16H,4-7,15H2,1-3H3. The van der Waals surface area contributed by atoms with E-state index in [-0.39, 0.29) is 5.54 Å². The average molecular weight is 282 g/mol. The second kappa shape index (κ2) is 4.80. The Balaban J connectivity index is 2.50. The van der Waals surface area contributed by atoms with Gasteiger partial charge in [-0.1, -0.05) is 13.8 Å². The summed E-state index contributed by atoms with van der Waals surface area (Å²) in [5, 5.41) is 0. The molecule has 19 heavy (non-hydrogen) atoms. The van der Waals surface area contributed by atoms with Crippen LogP contribution in [0.15, 0.2) is 17.0 Å². The van der Waals surface area contributed by atoms with E-state index >= 15 is 0 Å². The van der Waals surface area contributed by atoms with Crippen molar-refractivity contribution in [3.8, 4) is 0 Å². The Labute approximate surface area is 115 Å². The number of sulfonamides is 1. The Morgan fingerprint density at radius 2 is 1.89 bits per heavy atom. The number of anilines is 1. The van der Waals surface area contributed by atoms with Crippen molar-refractivity contribution in [2.24, 2.45) is 0 Å². The molecule has 106 valence electrons. The second-order valence-corrected chi connectivity index (χ2v) is 7.19. The minimum absolute atomic E-state index is 0.263. The highest BCUT2D eigenvalue weighted by atomic mass is 32.2. The molecule has 2 rings (SSSR count). The lowest BCUT2D eigenvalue weighted by Crippen LogP contribution is -2.35. The average Bonchev–Trinajstić information content (AvgIpc) is 3.04. The number of nitrogens with two attached hydrogens (primary N) is 1. The molecule has 1 fully saturated rings. The molecule has 1 aliphatic rings. The maximum atomic E-state index is 12.5. The molecule has 0 atom stereocenters. The van der Waals surface area contributed by atoms with Gasteiger partial charge in [-0.3, -0.25) is 0 Å². The van der Waals surface area contributed by atoms with Crippen molar-refractivity contribution in [1.82, 2.24) is 4.72 Å². The van der Waals surface area contributed by atoms with E-state index < -0.39 is 10.0 Å². The molecule has 1 aromatic rings. The summed E-state index contributed by atoms with van der Waals surface area (Å²) in [7, 11) is -3.48. The van der Waals surface area contributed by atoms with Crippen LogP contribution in [0.4, 0.5) is 5.69 Å². The number of hydrogen-bond donors (Lipinski definition) is 2. The number of benzene rings is 1. The third-order valence-corrected chi connectivity index (χ3v) is 5.44. The van der Waals surface area contributed by atoms with Gasteiger partial charge in [-0.25, -0.2) is 13.1 Å². The summed E-state index contributed by atoms with van der Waals surface area (Å²) in [4.78, 5) is 0.347. The van der Waals surface area contributed by atoms with Crippen LogP contribution in [0.1, 0.15) is 44.7 Å². The number of nitrogen functional groups attached to an aromatic ring is 1. The van der Waals surface area contributed by atoms with Gasteiger partial charge in [0.05, 0.1) is 4.90 Å². The monoisotopic (exact) mass is 282 g/mol. The van der Waals surface area contributed by atoms with Gasteiger partial charge in [0.2, 0.25) is 10.0 Å². The summed E-state index contributed by atoms with van der Waals surface area (Å²) in [6.45, 7) is 5.85. The normalized spacial score (nSPS) is 17.4. The Bertz CT molecular complexity index is 590. The number of hydrogen-bond acceptors (Lipinski definition) is 3. The zero-order valence-corrected chi connectivity index (χ0v) is 12.6. The van der Waals surface area contributed by atoms with Crippen LogP contribution < -0.4 is 10.5 Å². The minimum atomic E-state index is -3.48. The molecule has 1 saturated carbocycles. The van der Waals surface area contributed by atoms with E-state index in [1.165, 1.54) is 0 Å². The molecule has 0 radical (unpaired) electrons. The van der Waals surface area contributed by atoms with E-state index in [4.69, 9.17) is 5.73 Å². The van der Waals surface area contributed by atoms with Crippen LogP contribution in [-0.4, -0.2) is 14.0 Å². The molecule has 0 aliphatic heterocycles. The fourth-order valence-corrected chi connectivity index (χ4v) is 4.07. The molecule has 3 N–H and O–H groups in total. The zero-order valence-electron chi connectivity index (χ0n) is 11.8. The molecule has 4 nitrogen and oxygen atoms in total. The second-order valence-electron chi connectivity index (χ2n) is 5.54. The Morgan fingerprint density at radius 1 is 1.26 bits per heavy atom. The summed E-state index contributed by atoms with van der Waals surface area (Å²) in [6.07, 6.45) is 3.18. The van der Waals surface area contributed by atoms with E-state index in [0.717, 1.165) is 24.8 Å². The smallest absolute Gasteiger partial charge is 0.241 e. The molecule has 0 bridgehead atoms. The number of rotatable bonds is 5. The summed E-state index contributed by atoms with van der Waals surface area (Å²) in [6, 6.07) is 3.62. The zero-order chi connectivity index (χ0) is 14.3. The van der Waals surface area contributed by atoms with Crippen molar-refractivity contribution >= 4 is 15.7 Å². The van der Waals surface area contributed by atoms with E-state index in [1.807, 2.05) is 26.8 Å². The molecule has 0 aromatic heterocycles. The molecular weight excluding hydrogens is 260 g/mol. The molecule has 1 aromatic carbocycles. The molecule has 0 spiro atoms. The highest BCUT2D eigenvalue weighted by Crippen LogP contribution is 2.37. The first-order chi connectivity index (χ1) is 8.81. The number of nitrogens with one attached hydrogen (secondary N) is 1. The molecule has 0 heterocycles. The first kappa shape index (κ1) is 14.3. The van der Waals surface area contributed by atoms with Gasteiger partial charge in [-0.05, 0) is 55.9 Å². The van der Waals surface area contributed by atoms with Gasteiger partial charge in [0.15, 0.2) is 0 Å². The largest absolute Gasteiger partial charge is 0.398 e. The van der Waals surface area contributed by atoms with Crippen LogP contribution in [0.2, 0.25) is 0 Å². The minimum Gasteiger partial charge on any atom is -0.398 e. The predicted molar refractivity (Wildman–Crippen MR) is 77.6 cm³/mol. The highest BCUT2D eigenvalue weighted by molar-refractivity contribution is 7.89. The van der Waals surface area contributed by atoms with Crippen molar-refractivity contribution in [1.29, 1.82) is 0 Å². The SMILES string of the molecule is CCc1cc(N)c(CC)c(S(=O)(=O)NC2(C)CC2)c1. The third kappa shape index (κ3) is 2.92. The quantitative estimate of drug-likeness (QED) is 0.813. The van der Waals surface area contributed by atoms with Crippen LogP contribution in [0.5, 0.6) is 0 Å². The maximum absolute atomic E-state index is 12.5. The summed E-state index contributed by atoms with van der Waals surface area (Å²) < 4.78 is 27.8. The predicted octanol–water partition coefficient (Wildman–Crippen LogP) is 2.22. The molecule has 0 saturated heterocycles. The lowest BCUT2D eigenvalue weighted by molar-refractivity contribution is 0.557. The summed E-state index contributed by atoms with van der Waals surface area (Å²) in [5.74, 6) is 0. The molecular formula is C14H22N2O2S. The van der Waals surface area contributed by atoms with Gasteiger partial charge in [-0.15, -0.1) is 0 Å². The van der Waals surface area contributed by atoms with Crippen LogP contribution in [-0.2, 0) is 22.9 Å². The van der Waals surface area contributed by atoms with Crippen LogP contribution in [0.25, 0.3) is 0 Å². The van der Waals surface area contributed by atoms with E-state index in [1.54, 1.807) is 6.07 Å². The van der Waals surface area contributed by atoms with Gasteiger partial charge in [-0.2, -0.15) is 0 Å². The number of aryl methyl sites for hydroxylation is 1. The topological polar surface area (TPSA) is 72.2 Å². The Kier molecular flexibility index (Phi) is 3.62. The van der Waals surface area contributed by atoms with Crippen molar-refractivity contribution in [3.63, 3.8) is 0 Å². The molecule has 1 aliphatic carbocycles. The molecule has 0 amide bonds. The van der Waals surface area contributed by atoms with Gasteiger partial charge >= 0.3 is 0 Å². The van der Waals surface area contributed by atoms with Gasteiger partial charge < -0.3 is 5.73 Å². The van der Waals surface area contributed by atoms with E-state index in [0.29, 0.717) is 22.6 Å².